The Morgan fingerprint density at radius 2 is 2.32 bits per heavy atom. The first kappa shape index (κ1) is 15.7. The quantitative estimate of drug-likeness (QED) is 0.780. The van der Waals surface area contributed by atoms with Gasteiger partial charge in [-0.3, -0.25) is 4.79 Å². The molecule has 6 nitrogen and oxygen atoms in total. The van der Waals surface area contributed by atoms with Gasteiger partial charge in [-0.1, -0.05) is 19.0 Å². The number of amides is 1. The summed E-state index contributed by atoms with van der Waals surface area (Å²) in [6, 6.07) is 1.63. The van der Waals surface area contributed by atoms with E-state index in [1.165, 1.54) is 0 Å². The molecule has 1 unspecified atom stereocenters. The maximum atomic E-state index is 12.1. The van der Waals surface area contributed by atoms with Gasteiger partial charge in [0.05, 0.1) is 12.1 Å². The minimum absolute atomic E-state index is 0.0315. The highest BCUT2D eigenvalue weighted by atomic mass is 16.5. The molecular weight excluding hydrogens is 248 g/mol. The predicted molar refractivity (Wildman–Crippen MR) is 70.0 cm³/mol. The van der Waals surface area contributed by atoms with Crippen molar-refractivity contribution in [2.24, 2.45) is 0 Å². The Kier molecular flexibility index (Phi) is 5.50. The third-order valence-corrected chi connectivity index (χ3v) is 2.87. The molecule has 2 N–H and O–H groups in total. The molecule has 0 radical (unpaired) electrons. The Morgan fingerprint density at radius 1 is 1.63 bits per heavy atom. The van der Waals surface area contributed by atoms with Crippen LogP contribution in [0.1, 0.15) is 49.4 Å². The van der Waals surface area contributed by atoms with Gasteiger partial charge in [-0.25, -0.2) is 0 Å². The van der Waals surface area contributed by atoms with Crippen LogP contribution in [0.3, 0.4) is 0 Å². The van der Waals surface area contributed by atoms with Crippen LogP contribution < -0.4 is 5.32 Å². The monoisotopic (exact) mass is 270 g/mol. The average Bonchev–Trinajstić information content (AvgIpc) is 2.78. The van der Waals surface area contributed by atoms with Crippen LogP contribution in [0.2, 0.25) is 0 Å². The van der Waals surface area contributed by atoms with Crippen molar-refractivity contribution in [1.29, 1.82) is 0 Å². The number of ether oxygens (including phenoxy) is 1. The van der Waals surface area contributed by atoms with Crippen LogP contribution in [-0.4, -0.2) is 42.0 Å². The number of aliphatic hydroxyl groups excluding tert-OH is 1. The predicted octanol–water partition coefficient (Wildman–Crippen LogP) is 1.32. The lowest BCUT2D eigenvalue weighted by molar-refractivity contribution is 0.0718. The van der Waals surface area contributed by atoms with Crippen molar-refractivity contribution in [2.45, 2.75) is 38.6 Å². The van der Waals surface area contributed by atoms with E-state index in [9.17, 15) is 4.79 Å². The van der Waals surface area contributed by atoms with Crippen molar-refractivity contribution in [3.8, 4) is 0 Å². The van der Waals surface area contributed by atoms with Crippen LogP contribution in [0.25, 0.3) is 0 Å². The number of nitrogens with zero attached hydrogens (tertiary/aromatic N) is 1. The van der Waals surface area contributed by atoms with E-state index in [0.29, 0.717) is 18.8 Å². The Balaban J connectivity index is 2.75. The van der Waals surface area contributed by atoms with Crippen molar-refractivity contribution in [3.63, 3.8) is 0 Å². The molecule has 6 heteroatoms. The molecule has 1 aromatic rings. The molecule has 1 amide bonds. The fourth-order valence-electron chi connectivity index (χ4n) is 1.74. The number of aliphatic hydroxyl groups is 1. The Morgan fingerprint density at radius 3 is 2.79 bits per heavy atom. The molecule has 0 aromatic carbocycles. The van der Waals surface area contributed by atoms with Crippen LogP contribution in [0.15, 0.2) is 10.6 Å². The number of aromatic nitrogens is 1. The number of hydrogen-bond donors (Lipinski definition) is 2. The lowest BCUT2D eigenvalue weighted by Gasteiger charge is -2.28. The fraction of sp³-hybridized carbons (Fsp3) is 0.692. The third kappa shape index (κ3) is 4.33. The van der Waals surface area contributed by atoms with Crippen molar-refractivity contribution in [3.05, 3.63) is 17.5 Å². The van der Waals surface area contributed by atoms with Crippen molar-refractivity contribution in [2.75, 3.05) is 20.3 Å². The smallest absolute Gasteiger partial charge is 0.273 e. The topological polar surface area (TPSA) is 84.6 Å². The van der Waals surface area contributed by atoms with Gasteiger partial charge >= 0.3 is 0 Å². The molecular formula is C13H22N2O4. The first-order valence-electron chi connectivity index (χ1n) is 6.31. The van der Waals surface area contributed by atoms with Crippen molar-refractivity contribution >= 4 is 5.91 Å². The summed E-state index contributed by atoms with van der Waals surface area (Å²) in [7, 11) is 1.55. The van der Waals surface area contributed by atoms with E-state index in [0.717, 1.165) is 0 Å². The molecule has 0 fully saturated rings. The molecule has 0 aliphatic carbocycles. The largest absolute Gasteiger partial charge is 0.396 e. The molecule has 0 aliphatic rings. The van der Waals surface area contributed by atoms with E-state index in [4.69, 9.17) is 14.4 Å². The summed E-state index contributed by atoms with van der Waals surface area (Å²) < 4.78 is 10.2. The zero-order chi connectivity index (χ0) is 14.5. The molecule has 0 bridgehead atoms. The number of carbonyl (C=O) groups is 1. The van der Waals surface area contributed by atoms with Gasteiger partial charge in [0.2, 0.25) is 0 Å². The van der Waals surface area contributed by atoms with E-state index >= 15 is 0 Å². The molecule has 1 rings (SSSR count). The van der Waals surface area contributed by atoms with Gasteiger partial charge < -0.3 is 19.7 Å². The number of carbonyl (C=O) groups excluding carboxylic acids is 1. The second-order valence-corrected chi connectivity index (χ2v) is 5.19. The summed E-state index contributed by atoms with van der Waals surface area (Å²) in [5.41, 5.74) is -0.388. The van der Waals surface area contributed by atoms with E-state index in [1.54, 1.807) is 13.2 Å². The molecule has 0 saturated carbocycles. The van der Waals surface area contributed by atoms with E-state index in [-0.39, 0.29) is 24.1 Å². The molecule has 1 aromatic heterocycles. The first-order chi connectivity index (χ1) is 8.91. The van der Waals surface area contributed by atoms with Crippen LogP contribution in [0.4, 0.5) is 0 Å². The Bertz CT molecular complexity index is 409. The van der Waals surface area contributed by atoms with Crippen molar-refractivity contribution in [1.82, 2.24) is 10.5 Å². The van der Waals surface area contributed by atoms with Crippen molar-refractivity contribution < 1.29 is 19.2 Å². The van der Waals surface area contributed by atoms with Gasteiger partial charge in [-0.15, -0.1) is 0 Å². The minimum atomic E-state index is -0.627. The van der Waals surface area contributed by atoms with Crippen LogP contribution >= 0.6 is 0 Å². The minimum Gasteiger partial charge on any atom is -0.396 e. The highest BCUT2D eigenvalue weighted by Gasteiger charge is 2.27. The van der Waals surface area contributed by atoms with Gasteiger partial charge in [-0.2, -0.15) is 0 Å². The highest BCUT2D eigenvalue weighted by Crippen LogP contribution is 2.16. The normalized spacial score (nSPS) is 14.4. The second-order valence-electron chi connectivity index (χ2n) is 5.19. The summed E-state index contributed by atoms with van der Waals surface area (Å²) in [6.07, 6.45) is 0.404. The molecule has 0 aliphatic heterocycles. The summed E-state index contributed by atoms with van der Waals surface area (Å²) in [5, 5.41) is 15.6. The standard InChI is InChI=1S/C13H22N2O4/c1-9(2)11-7-10(15-19-11)12(17)14-13(3,5-6-16)8-18-4/h7,9,16H,5-6,8H2,1-4H3,(H,14,17). The third-order valence-electron chi connectivity index (χ3n) is 2.87. The van der Waals surface area contributed by atoms with Crippen LogP contribution in [0, 0.1) is 0 Å². The van der Waals surface area contributed by atoms with E-state index in [2.05, 4.69) is 10.5 Å². The molecule has 1 atom stereocenters. The van der Waals surface area contributed by atoms with Gasteiger partial charge in [0.25, 0.3) is 5.91 Å². The second kappa shape index (κ2) is 6.68. The molecule has 19 heavy (non-hydrogen) atoms. The number of hydrogen-bond acceptors (Lipinski definition) is 5. The number of methoxy groups -OCH3 is 1. The lowest BCUT2D eigenvalue weighted by atomic mass is 9.99. The maximum Gasteiger partial charge on any atom is 0.273 e. The molecule has 0 spiro atoms. The number of nitrogens with one attached hydrogen (secondary N) is 1. The Hall–Kier alpha value is -1.40. The van der Waals surface area contributed by atoms with Crippen LogP contribution in [-0.2, 0) is 4.74 Å². The van der Waals surface area contributed by atoms with Crippen LogP contribution in [0.5, 0.6) is 0 Å². The summed E-state index contributed by atoms with van der Waals surface area (Å²) in [4.78, 5) is 12.1. The van der Waals surface area contributed by atoms with E-state index < -0.39 is 5.54 Å². The number of rotatable bonds is 7. The maximum absolute atomic E-state index is 12.1. The summed E-state index contributed by atoms with van der Waals surface area (Å²) >= 11 is 0. The SMILES string of the molecule is COCC(C)(CCO)NC(=O)c1cc(C(C)C)on1. The van der Waals surface area contributed by atoms with Gasteiger partial charge in [-0.05, 0) is 13.3 Å². The summed E-state index contributed by atoms with van der Waals surface area (Å²) in [5.74, 6) is 0.515. The fourth-order valence-corrected chi connectivity index (χ4v) is 1.74. The van der Waals surface area contributed by atoms with Gasteiger partial charge in [0.15, 0.2) is 5.69 Å². The van der Waals surface area contributed by atoms with E-state index in [1.807, 2.05) is 20.8 Å². The molecule has 0 saturated heterocycles. The molecule has 108 valence electrons. The zero-order valence-electron chi connectivity index (χ0n) is 11.9. The Labute approximate surface area is 113 Å². The molecule has 1 heterocycles. The zero-order valence-corrected chi connectivity index (χ0v) is 11.9. The first-order valence-corrected chi connectivity index (χ1v) is 6.31. The summed E-state index contributed by atoms with van der Waals surface area (Å²) in [6.45, 7) is 6.02. The highest BCUT2D eigenvalue weighted by molar-refractivity contribution is 5.92. The van der Waals surface area contributed by atoms with Gasteiger partial charge in [0, 0.05) is 25.7 Å². The average molecular weight is 270 g/mol. The van der Waals surface area contributed by atoms with Gasteiger partial charge in [0.1, 0.15) is 5.76 Å². The lowest BCUT2D eigenvalue weighted by Crippen LogP contribution is -2.50.